The summed E-state index contributed by atoms with van der Waals surface area (Å²) >= 11 is 0. The van der Waals surface area contributed by atoms with Crippen molar-refractivity contribution in [3.63, 3.8) is 0 Å². The van der Waals surface area contributed by atoms with Gasteiger partial charge in [-0.3, -0.25) is 9.59 Å². The SMILES string of the molecule is C[C@H](CO)N1C[C@H](C)[C@H](CN(C)C(=O)CCC(F)(F)F)OCCCC[C@H](C)Oc2ccc(N(C)C)cc2C1=O. The van der Waals surface area contributed by atoms with Crippen LogP contribution in [0, 0.1) is 5.92 Å². The van der Waals surface area contributed by atoms with Gasteiger partial charge in [0.2, 0.25) is 5.91 Å². The summed E-state index contributed by atoms with van der Waals surface area (Å²) in [5.74, 6) is -0.736. The van der Waals surface area contributed by atoms with Crippen molar-refractivity contribution in [2.45, 2.75) is 77.3 Å². The topological polar surface area (TPSA) is 82.6 Å². The van der Waals surface area contributed by atoms with Crippen molar-refractivity contribution < 1.29 is 37.3 Å². The van der Waals surface area contributed by atoms with Crippen molar-refractivity contribution in [3.8, 4) is 5.75 Å². The Hall–Kier alpha value is -2.53. The molecule has 0 saturated heterocycles. The number of ether oxygens (including phenoxy) is 2. The molecule has 1 aromatic carbocycles. The number of rotatable bonds is 7. The van der Waals surface area contributed by atoms with E-state index in [1.54, 1.807) is 24.0 Å². The van der Waals surface area contributed by atoms with E-state index in [-0.39, 0.29) is 37.6 Å². The van der Waals surface area contributed by atoms with Gasteiger partial charge >= 0.3 is 6.18 Å². The molecule has 1 aliphatic rings. The molecule has 0 aromatic heterocycles. The molecule has 0 radical (unpaired) electrons. The van der Waals surface area contributed by atoms with Crippen molar-refractivity contribution in [1.82, 2.24) is 9.80 Å². The molecule has 0 aliphatic carbocycles. The van der Waals surface area contributed by atoms with E-state index in [1.807, 2.05) is 38.9 Å². The number of nitrogens with zero attached hydrogens (tertiary/aromatic N) is 3. The third-order valence-corrected chi connectivity index (χ3v) is 7.05. The molecule has 1 aliphatic heterocycles. The number of anilines is 1. The zero-order valence-corrected chi connectivity index (χ0v) is 24.0. The number of alkyl halides is 3. The van der Waals surface area contributed by atoms with E-state index in [4.69, 9.17) is 9.47 Å². The first-order chi connectivity index (χ1) is 18.2. The van der Waals surface area contributed by atoms with Crippen LogP contribution in [0.2, 0.25) is 0 Å². The number of amides is 2. The van der Waals surface area contributed by atoms with Crippen molar-refractivity contribution in [2.24, 2.45) is 5.92 Å². The van der Waals surface area contributed by atoms with Gasteiger partial charge in [-0.15, -0.1) is 0 Å². The van der Waals surface area contributed by atoms with Crippen LogP contribution in [-0.4, -0.2) is 98.6 Å². The molecule has 0 unspecified atom stereocenters. The molecular formula is C28H44F3N3O5. The highest BCUT2D eigenvalue weighted by Gasteiger charge is 2.32. The summed E-state index contributed by atoms with van der Waals surface area (Å²) in [6.45, 7) is 6.00. The number of hydrogen-bond donors (Lipinski definition) is 1. The van der Waals surface area contributed by atoms with E-state index in [0.717, 1.165) is 24.9 Å². The molecule has 39 heavy (non-hydrogen) atoms. The lowest BCUT2D eigenvalue weighted by Gasteiger charge is -2.36. The van der Waals surface area contributed by atoms with Gasteiger partial charge in [0, 0.05) is 58.9 Å². The quantitative estimate of drug-likeness (QED) is 0.535. The van der Waals surface area contributed by atoms with Crippen LogP contribution in [0.15, 0.2) is 18.2 Å². The van der Waals surface area contributed by atoms with E-state index in [2.05, 4.69) is 0 Å². The molecule has 2 rings (SSSR count). The second kappa shape index (κ2) is 14.7. The molecule has 0 bridgehead atoms. The number of carbonyl (C=O) groups is 2. The van der Waals surface area contributed by atoms with E-state index in [0.29, 0.717) is 17.9 Å². The predicted molar refractivity (Wildman–Crippen MR) is 144 cm³/mol. The summed E-state index contributed by atoms with van der Waals surface area (Å²) in [5.41, 5.74) is 1.21. The molecule has 0 fully saturated rings. The molecule has 222 valence electrons. The number of hydrogen-bond acceptors (Lipinski definition) is 6. The fourth-order valence-corrected chi connectivity index (χ4v) is 4.46. The Morgan fingerprint density at radius 3 is 2.51 bits per heavy atom. The average Bonchev–Trinajstić information content (AvgIpc) is 2.87. The maximum absolute atomic E-state index is 14.0. The molecule has 2 amide bonds. The van der Waals surface area contributed by atoms with E-state index in [9.17, 15) is 27.9 Å². The van der Waals surface area contributed by atoms with E-state index < -0.39 is 37.1 Å². The number of aliphatic hydroxyl groups is 1. The third kappa shape index (κ3) is 10.2. The first-order valence-electron chi connectivity index (χ1n) is 13.6. The van der Waals surface area contributed by atoms with E-state index >= 15 is 0 Å². The van der Waals surface area contributed by atoms with Crippen LogP contribution in [0.1, 0.15) is 63.2 Å². The molecule has 11 heteroatoms. The lowest BCUT2D eigenvalue weighted by molar-refractivity contribution is -0.149. The van der Waals surface area contributed by atoms with Crippen molar-refractivity contribution in [3.05, 3.63) is 23.8 Å². The standard InChI is InChI=1S/C28H44F3N3O5/c1-19-16-34(20(2)18-35)27(37)23-15-22(32(4)5)10-11-24(23)39-21(3)9-7-8-14-38-25(19)17-33(6)26(36)12-13-28(29,30)31/h10-11,15,19-21,25,35H,7-9,12-14,16-18H2,1-6H3/t19-,20+,21-,25-/m0/s1. The summed E-state index contributed by atoms with van der Waals surface area (Å²) in [5, 5.41) is 9.99. The first kappa shape index (κ1) is 32.7. The number of benzene rings is 1. The Morgan fingerprint density at radius 2 is 1.90 bits per heavy atom. The minimum atomic E-state index is -4.41. The fourth-order valence-electron chi connectivity index (χ4n) is 4.46. The van der Waals surface area contributed by atoms with Gasteiger partial charge in [0.05, 0.1) is 36.8 Å². The van der Waals surface area contributed by atoms with Gasteiger partial charge < -0.3 is 29.3 Å². The zero-order valence-electron chi connectivity index (χ0n) is 24.0. The predicted octanol–water partition coefficient (Wildman–Crippen LogP) is 4.35. The van der Waals surface area contributed by atoms with Crippen LogP contribution in [0.5, 0.6) is 5.75 Å². The molecule has 1 aromatic rings. The molecule has 1 heterocycles. The highest BCUT2D eigenvalue weighted by atomic mass is 19.4. The summed E-state index contributed by atoms with van der Waals surface area (Å²) in [6.07, 6.45) is -4.59. The second-order valence-corrected chi connectivity index (χ2v) is 10.8. The number of halogens is 3. The lowest BCUT2D eigenvalue weighted by Crippen LogP contribution is -2.48. The van der Waals surface area contributed by atoms with Crippen LogP contribution in [0.4, 0.5) is 18.9 Å². The first-order valence-corrected chi connectivity index (χ1v) is 13.6. The Labute approximate surface area is 230 Å². The Bertz CT molecular complexity index is 944. The highest BCUT2D eigenvalue weighted by molar-refractivity contribution is 5.98. The van der Waals surface area contributed by atoms with Crippen molar-refractivity contribution in [2.75, 3.05) is 52.3 Å². The molecule has 0 spiro atoms. The zero-order chi connectivity index (χ0) is 29.3. The Kier molecular flexibility index (Phi) is 12.4. The third-order valence-electron chi connectivity index (χ3n) is 7.05. The number of likely N-dealkylation sites (N-methyl/N-ethyl adjacent to an activating group) is 1. The fraction of sp³-hybridized carbons (Fsp3) is 0.714. The minimum absolute atomic E-state index is 0.0915. The number of carbonyl (C=O) groups excluding carboxylic acids is 2. The Morgan fingerprint density at radius 1 is 1.21 bits per heavy atom. The summed E-state index contributed by atoms with van der Waals surface area (Å²) in [6, 6.07) is 4.94. The van der Waals surface area contributed by atoms with Gasteiger partial charge in [0.1, 0.15) is 5.75 Å². The lowest BCUT2D eigenvalue weighted by atomic mass is 10.0. The number of fused-ring (bicyclic) bond motifs is 1. The van der Waals surface area contributed by atoms with Gasteiger partial charge in [0.15, 0.2) is 0 Å². The normalized spacial score (nSPS) is 22.4. The molecular weight excluding hydrogens is 515 g/mol. The maximum atomic E-state index is 14.0. The number of aliphatic hydroxyl groups excluding tert-OH is 1. The highest BCUT2D eigenvalue weighted by Crippen LogP contribution is 2.29. The molecule has 0 saturated carbocycles. The van der Waals surface area contributed by atoms with Gasteiger partial charge in [-0.2, -0.15) is 13.2 Å². The van der Waals surface area contributed by atoms with Crippen LogP contribution >= 0.6 is 0 Å². The molecule has 8 nitrogen and oxygen atoms in total. The van der Waals surface area contributed by atoms with Gasteiger partial charge in [0.25, 0.3) is 5.91 Å². The summed E-state index contributed by atoms with van der Waals surface area (Å²) in [7, 11) is 5.23. The smallest absolute Gasteiger partial charge is 0.389 e. The molecule has 4 atom stereocenters. The summed E-state index contributed by atoms with van der Waals surface area (Å²) < 4.78 is 50.3. The largest absolute Gasteiger partial charge is 0.490 e. The van der Waals surface area contributed by atoms with Gasteiger partial charge in [-0.1, -0.05) is 6.92 Å². The van der Waals surface area contributed by atoms with Crippen molar-refractivity contribution >= 4 is 17.5 Å². The van der Waals surface area contributed by atoms with Crippen LogP contribution in [0.25, 0.3) is 0 Å². The Balaban J connectivity index is 2.38. The van der Waals surface area contributed by atoms with Crippen LogP contribution in [0.3, 0.4) is 0 Å². The monoisotopic (exact) mass is 559 g/mol. The van der Waals surface area contributed by atoms with E-state index in [1.165, 1.54) is 11.9 Å². The van der Waals surface area contributed by atoms with Crippen LogP contribution in [-0.2, 0) is 9.53 Å². The van der Waals surface area contributed by atoms with Crippen LogP contribution < -0.4 is 9.64 Å². The molecule has 1 N–H and O–H groups in total. The van der Waals surface area contributed by atoms with Gasteiger partial charge in [-0.05, 0) is 51.3 Å². The maximum Gasteiger partial charge on any atom is 0.389 e. The summed E-state index contributed by atoms with van der Waals surface area (Å²) in [4.78, 5) is 31.1. The average molecular weight is 560 g/mol. The van der Waals surface area contributed by atoms with Gasteiger partial charge in [-0.25, -0.2) is 0 Å². The van der Waals surface area contributed by atoms with Crippen molar-refractivity contribution in [1.29, 1.82) is 0 Å². The minimum Gasteiger partial charge on any atom is -0.490 e. The second-order valence-electron chi connectivity index (χ2n) is 10.8.